The van der Waals surface area contributed by atoms with Gasteiger partial charge in [-0.2, -0.15) is 4.31 Å². The molecule has 0 radical (unpaired) electrons. The van der Waals surface area contributed by atoms with Crippen LogP contribution in [0.3, 0.4) is 0 Å². The Labute approximate surface area is 219 Å². The van der Waals surface area contributed by atoms with Crippen LogP contribution in [0, 0.1) is 19.3 Å². The highest BCUT2D eigenvalue weighted by Gasteiger charge is 2.32. The molecule has 1 aromatic carbocycles. The molecule has 2 rings (SSSR count). The largest absolute Gasteiger partial charge is 0.497 e. The second-order valence-electron chi connectivity index (χ2n) is 10.3. The van der Waals surface area contributed by atoms with Crippen molar-refractivity contribution in [3.05, 3.63) is 23.3 Å². The number of likely N-dealkylation sites (tertiary alicyclic amines) is 1. The van der Waals surface area contributed by atoms with Crippen LogP contribution >= 0.6 is 0 Å². The summed E-state index contributed by atoms with van der Waals surface area (Å²) >= 11 is 0. The first kappa shape index (κ1) is 30.5. The first-order valence-electron chi connectivity index (χ1n) is 13.2. The number of hydrogen-bond donors (Lipinski definition) is 0. The molecular weight excluding hydrogens is 478 g/mol. The van der Waals surface area contributed by atoms with Gasteiger partial charge in [-0.15, -0.1) is 0 Å². The summed E-state index contributed by atoms with van der Waals surface area (Å²) in [6.45, 7) is 15.5. The Kier molecular flexibility index (Phi) is 11.7. The second kappa shape index (κ2) is 13.7. The number of likely N-dealkylation sites (N-methyl/N-ethyl adjacent to an activating group) is 1. The molecule has 0 aromatic heterocycles. The highest BCUT2D eigenvalue weighted by Crippen LogP contribution is 2.34. The van der Waals surface area contributed by atoms with Crippen LogP contribution < -0.4 is 4.74 Å². The molecule has 1 aliphatic rings. The SMILES string of the molecule is CCCN(CC)CCC1(C)CCN(C(=O)COCCN(C)S(=O)(=O)c2c(C)cc(OC)cc2C)CC1. The van der Waals surface area contributed by atoms with E-state index < -0.39 is 10.0 Å². The van der Waals surface area contributed by atoms with Gasteiger partial charge in [0.25, 0.3) is 0 Å². The number of rotatable bonds is 14. The van der Waals surface area contributed by atoms with Crippen LogP contribution in [0.1, 0.15) is 57.6 Å². The molecule has 1 amide bonds. The summed E-state index contributed by atoms with van der Waals surface area (Å²) in [6.07, 6.45) is 4.34. The number of aryl methyl sites for hydroxylation is 2. The Bertz CT molecular complexity index is 935. The zero-order chi connectivity index (χ0) is 26.9. The summed E-state index contributed by atoms with van der Waals surface area (Å²) in [5.41, 5.74) is 1.55. The molecule has 8 nitrogen and oxygen atoms in total. The Morgan fingerprint density at radius 1 is 1.08 bits per heavy atom. The number of amides is 1. The molecular formula is C27H47N3O5S. The summed E-state index contributed by atoms with van der Waals surface area (Å²) in [7, 11) is -0.581. The van der Waals surface area contributed by atoms with Crippen molar-refractivity contribution in [2.24, 2.45) is 5.41 Å². The smallest absolute Gasteiger partial charge is 0.248 e. The number of benzene rings is 1. The van der Waals surface area contributed by atoms with E-state index in [2.05, 4.69) is 25.7 Å². The van der Waals surface area contributed by atoms with Crippen LogP contribution in [0.25, 0.3) is 0 Å². The molecule has 0 unspecified atom stereocenters. The molecule has 206 valence electrons. The average molecular weight is 526 g/mol. The average Bonchev–Trinajstić information content (AvgIpc) is 2.83. The van der Waals surface area contributed by atoms with Crippen molar-refractivity contribution in [1.29, 1.82) is 0 Å². The lowest BCUT2D eigenvalue weighted by molar-refractivity contribution is -0.138. The van der Waals surface area contributed by atoms with E-state index in [0.717, 1.165) is 52.0 Å². The fourth-order valence-corrected chi connectivity index (χ4v) is 6.43. The predicted molar refractivity (Wildman–Crippen MR) is 144 cm³/mol. The molecule has 1 saturated heterocycles. The molecule has 36 heavy (non-hydrogen) atoms. The number of piperidine rings is 1. The number of ether oxygens (including phenoxy) is 2. The van der Waals surface area contributed by atoms with Gasteiger partial charge in [0.05, 0.1) is 18.6 Å². The summed E-state index contributed by atoms with van der Waals surface area (Å²) in [4.78, 5) is 17.3. The maximum atomic E-state index is 13.1. The number of carbonyl (C=O) groups is 1. The van der Waals surface area contributed by atoms with Gasteiger partial charge in [-0.3, -0.25) is 4.79 Å². The molecule has 1 aliphatic heterocycles. The molecule has 9 heteroatoms. The minimum Gasteiger partial charge on any atom is -0.497 e. The molecule has 0 N–H and O–H groups in total. The first-order valence-corrected chi connectivity index (χ1v) is 14.6. The van der Waals surface area contributed by atoms with Crippen LogP contribution in [-0.4, -0.2) is 95.1 Å². The molecule has 0 saturated carbocycles. The lowest BCUT2D eigenvalue weighted by Crippen LogP contribution is -2.44. The van der Waals surface area contributed by atoms with Crippen LogP contribution in [-0.2, 0) is 19.6 Å². The van der Waals surface area contributed by atoms with Crippen LogP contribution in [0.5, 0.6) is 5.75 Å². The first-order chi connectivity index (χ1) is 17.0. The number of carbonyl (C=O) groups excluding carboxylic acids is 1. The van der Waals surface area contributed by atoms with Crippen molar-refractivity contribution >= 4 is 15.9 Å². The second-order valence-corrected chi connectivity index (χ2v) is 12.3. The van der Waals surface area contributed by atoms with Crippen LogP contribution in [0.2, 0.25) is 0 Å². The third kappa shape index (κ3) is 8.16. The highest BCUT2D eigenvalue weighted by atomic mass is 32.2. The molecule has 1 aromatic rings. The van der Waals surface area contributed by atoms with Gasteiger partial charge in [0.1, 0.15) is 12.4 Å². The molecule has 0 spiro atoms. The Morgan fingerprint density at radius 3 is 2.22 bits per heavy atom. The maximum Gasteiger partial charge on any atom is 0.248 e. The zero-order valence-corrected chi connectivity index (χ0v) is 24.2. The van der Waals surface area contributed by atoms with Crippen molar-refractivity contribution in [3.8, 4) is 5.75 Å². The number of sulfonamides is 1. The maximum absolute atomic E-state index is 13.1. The van der Waals surface area contributed by atoms with E-state index in [1.165, 1.54) is 17.8 Å². The normalized spacial score (nSPS) is 16.1. The molecule has 0 bridgehead atoms. The van der Waals surface area contributed by atoms with E-state index in [9.17, 15) is 13.2 Å². The van der Waals surface area contributed by atoms with E-state index in [0.29, 0.717) is 16.9 Å². The Hall–Kier alpha value is -1.68. The van der Waals surface area contributed by atoms with Gasteiger partial charge < -0.3 is 19.3 Å². The van der Waals surface area contributed by atoms with Crippen LogP contribution in [0.4, 0.5) is 0 Å². The molecule has 1 heterocycles. The van der Waals surface area contributed by atoms with Crippen molar-refractivity contribution in [3.63, 3.8) is 0 Å². The van der Waals surface area contributed by atoms with E-state index in [1.54, 1.807) is 33.1 Å². The fourth-order valence-electron chi connectivity index (χ4n) is 4.87. The van der Waals surface area contributed by atoms with Gasteiger partial charge in [0.2, 0.25) is 15.9 Å². The third-order valence-corrected chi connectivity index (χ3v) is 9.62. The van der Waals surface area contributed by atoms with E-state index >= 15 is 0 Å². The minimum absolute atomic E-state index is 0.0225. The van der Waals surface area contributed by atoms with Crippen molar-refractivity contribution in [2.75, 3.05) is 66.6 Å². The van der Waals surface area contributed by atoms with Gasteiger partial charge >= 0.3 is 0 Å². The quantitative estimate of drug-likeness (QED) is 0.345. The number of hydrogen-bond acceptors (Lipinski definition) is 6. The lowest BCUT2D eigenvalue weighted by Gasteiger charge is -2.40. The Morgan fingerprint density at radius 2 is 1.69 bits per heavy atom. The molecule has 0 aliphatic carbocycles. The van der Waals surface area contributed by atoms with Crippen molar-refractivity contribution < 1.29 is 22.7 Å². The van der Waals surface area contributed by atoms with E-state index in [1.807, 2.05) is 4.90 Å². The molecule has 0 atom stereocenters. The fraction of sp³-hybridized carbons (Fsp3) is 0.741. The lowest BCUT2D eigenvalue weighted by atomic mass is 9.77. The highest BCUT2D eigenvalue weighted by molar-refractivity contribution is 7.89. The van der Waals surface area contributed by atoms with E-state index in [4.69, 9.17) is 9.47 Å². The van der Waals surface area contributed by atoms with Crippen molar-refractivity contribution in [2.45, 2.75) is 65.2 Å². The van der Waals surface area contributed by atoms with Gasteiger partial charge in [-0.05, 0) is 87.8 Å². The number of nitrogens with zero attached hydrogens (tertiary/aromatic N) is 3. The Balaban J connectivity index is 1.78. The van der Waals surface area contributed by atoms with Gasteiger partial charge in [-0.1, -0.05) is 20.8 Å². The summed E-state index contributed by atoms with van der Waals surface area (Å²) in [5.74, 6) is 0.608. The van der Waals surface area contributed by atoms with Gasteiger partial charge in [0.15, 0.2) is 0 Å². The van der Waals surface area contributed by atoms with Gasteiger partial charge in [0, 0.05) is 26.7 Å². The summed E-state index contributed by atoms with van der Waals surface area (Å²) in [5, 5.41) is 0. The topological polar surface area (TPSA) is 79.4 Å². The minimum atomic E-state index is -3.68. The molecule has 1 fully saturated rings. The predicted octanol–water partition coefficient (Wildman–Crippen LogP) is 3.70. The van der Waals surface area contributed by atoms with Crippen molar-refractivity contribution in [1.82, 2.24) is 14.1 Å². The summed E-state index contributed by atoms with van der Waals surface area (Å²) < 4.78 is 38.3. The van der Waals surface area contributed by atoms with Gasteiger partial charge in [-0.25, -0.2) is 8.42 Å². The summed E-state index contributed by atoms with van der Waals surface area (Å²) in [6, 6.07) is 3.44. The van der Waals surface area contributed by atoms with E-state index in [-0.39, 0.29) is 36.0 Å². The monoisotopic (exact) mass is 525 g/mol. The van der Waals surface area contributed by atoms with Crippen LogP contribution in [0.15, 0.2) is 17.0 Å². The number of methoxy groups -OCH3 is 1. The standard InChI is InChI=1S/C27H47N3O5S/c1-8-13-29(9-2)14-10-27(5)11-15-30(16-12-27)25(31)21-35-18-17-28(6)36(32,33)26-22(3)19-24(34-7)20-23(26)4/h19-20H,8-18,21H2,1-7H3. The third-order valence-electron chi connectivity index (χ3n) is 7.46. The zero-order valence-electron chi connectivity index (χ0n) is 23.4.